The lowest BCUT2D eigenvalue weighted by atomic mass is 9.61. The van der Waals surface area contributed by atoms with Gasteiger partial charge in [0.05, 0.1) is 0 Å². The van der Waals surface area contributed by atoms with Crippen LogP contribution in [0.5, 0.6) is 0 Å². The van der Waals surface area contributed by atoms with Crippen molar-refractivity contribution in [3.05, 3.63) is 0 Å². The molecule has 6 rings (SSSR count). The molecule has 37 heavy (non-hydrogen) atoms. The highest BCUT2D eigenvalue weighted by Crippen LogP contribution is 2.48. The summed E-state index contributed by atoms with van der Waals surface area (Å²) >= 11 is 0. The Morgan fingerprint density at radius 1 is 0.297 bits per heavy atom. The molecule has 6 aliphatic carbocycles. The van der Waals surface area contributed by atoms with E-state index >= 15 is 0 Å². The third-order valence-electron chi connectivity index (χ3n) is 13.5. The summed E-state index contributed by atoms with van der Waals surface area (Å²) in [6.07, 6.45) is 40.1. The van der Waals surface area contributed by atoms with Crippen molar-refractivity contribution in [1.29, 1.82) is 0 Å². The highest BCUT2D eigenvalue weighted by molar-refractivity contribution is 4.95. The molecule has 0 radical (unpaired) electrons. The maximum Gasteiger partial charge on any atom is 0.0103 e. The summed E-state index contributed by atoms with van der Waals surface area (Å²) < 4.78 is 0. The summed E-state index contributed by atoms with van der Waals surface area (Å²) in [7, 11) is 0. The minimum Gasteiger partial charge on any atom is -0.311 e. The molecule has 0 heterocycles. The average Bonchev–Trinajstić information content (AvgIpc) is 2.99. The quantitative estimate of drug-likeness (QED) is 0.375. The summed E-state index contributed by atoms with van der Waals surface area (Å²) in [5.74, 6) is 8.52. The molecule has 5 atom stereocenters. The smallest absolute Gasteiger partial charge is 0.0103 e. The summed E-state index contributed by atoms with van der Waals surface area (Å²) in [6.45, 7) is 0. The van der Waals surface area contributed by atoms with Crippen molar-refractivity contribution in [2.45, 2.75) is 179 Å². The van der Waals surface area contributed by atoms with Crippen LogP contribution < -0.4 is 5.32 Å². The maximum absolute atomic E-state index is 4.47. The molecule has 0 aromatic heterocycles. The summed E-state index contributed by atoms with van der Waals surface area (Å²) in [5.41, 5.74) is 0. The van der Waals surface area contributed by atoms with Gasteiger partial charge < -0.3 is 5.32 Å². The van der Waals surface area contributed by atoms with Crippen molar-refractivity contribution < 1.29 is 0 Å². The van der Waals surface area contributed by atoms with Crippen LogP contribution in [0.2, 0.25) is 0 Å². The summed E-state index contributed by atoms with van der Waals surface area (Å²) in [5, 5.41) is 4.47. The Kier molecular flexibility index (Phi) is 9.94. The van der Waals surface area contributed by atoms with Crippen LogP contribution in [0.4, 0.5) is 0 Å². The van der Waals surface area contributed by atoms with Gasteiger partial charge in [0.1, 0.15) is 0 Å². The summed E-state index contributed by atoms with van der Waals surface area (Å²) in [6, 6.07) is 1.70. The highest BCUT2D eigenvalue weighted by Gasteiger charge is 2.41. The molecule has 5 unspecified atom stereocenters. The molecular weight excluding hydrogens is 446 g/mol. The van der Waals surface area contributed by atoms with Crippen LogP contribution >= 0.6 is 0 Å². The van der Waals surface area contributed by atoms with E-state index in [1.807, 2.05) is 0 Å². The first-order chi connectivity index (χ1) is 18.3. The second-order valence-corrected chi connectivity index (χ2v) is 15.5. The largest absolute Gasteiger partial charge is 0.311 e. The highest BCUT2D eigenvalue weighted by atomic mass is 15.0. The van der Waals surface area contributed by atoms with Crippen molar-refractivity contribution in [2.75, 3.05) is 0 Å². The minimum atomic E-state index is 0.844. The van der Waals surface area contributed by atoms with Gasteiger partial charge in [-0.05, 0) is 98.7 Å². The molecule has 6 fully saturated rings. The zero-order chi connectivity index (χ0) is 24.9. The second kappa shape index (κ2) is 13.5. The van der Waals surface area contributed by atoms with Gasteiger partial charge in [0.15, 0.2) is 0 Å². The van der Waals surface area contributed by atoms with Gasteiger partial charge in [-0.2, -0.15) is 0 Å². The molecule has 0 bridgehead atoms. The van der Waals surface area contributed by atoms with Gasteiger partial charge in [-0.25, -0.2) is 0 Å². The van der Waals surface area contributed by atoms with Crippen LogP contribution in [-0.2, 0) is 0 Å². The van der Waals surface area contributed by atoms with E-state index in [-0.39, 0.29) is 0 Å². The van der Waals surface area contributed by atoms with E-state index in [2.05, 4.69) is 5.32 Å². The zero-order valence-corrected chi connectivity index (χ0v) is 24.7. The fourth-order valence-electron chi connectivity index (χ4n) is 11.4. The molecule has 0 spiro atoms. The first-order valence-electron chi connectivity index (χ1n) is 18.1. The molecule has 1 N–H and O–H groups in total. The maximum atomic E-state index is 4.47. The lowest BCUT2D eigenvalue weighted by Gasteiger charge is -2.48. The first-order valence-corrected chi connectivity index (χ1v) is 18.1. The van der Waals surface area contributed by atoms with E-state index in [9.17, 15) is 0 Å². The number of hydrogen-bond donors (Lipinski definition) is 1. The Bertz CT molecular complexity index is 646. The van der Waals surface area contributed by atoms with Gasteiger partial charge >= 0.3 is 0 Å². The SMILES string of the molecule is C1CCC(C2CCC(NC3CC(C4CCCC(C5CCCCC5)C4)CCC3C3CCCCC3)CC2)CC1. The lowest BCUT2D eigenvalue weighted by Crippen LogP contribution is -2.50. The van der Waals surface area contributed by atoms with Crippen molar-refractivity contribution in [1.82, 2.24) is 5.32 Å². The van der Waals surface area contributed by atoms with Crippen molar-refractivity contribution >= 4 is 0 Å². The third-order valence-corrected chi connectivity index (χ3v) is 13.5. The summed E-state index contributed by atoms with van der Waals surface area (Å²) in [4.78, 5) is 0. The molecule has 0 saturated heterocycles. The van der Waals surface area contributed by atoms with Gasteiger partial charge in [0.25, 0.3) is 0 Å². The van der Waals surface area contributed by atoms with E-state index < -0.39 is 0 Å². The topological polar surface area (TPSA) is 12.0 Å². The van der Waals surface area contributed by atoms with E-state index in [0.717, 1.165) is 59.4 Å². The van der Waals surface area contributed by atoms with Crippen LogP contribution in [0.25, 0.3) is 0 Å². The van der Waals surface area contributed by atoms with E-state index in [1.165, 1.54) is 83.5 Å². The normalized spacial score (nSPS) is 42.0. The molecule has 6 aliphatic rings. The monoisotopic (exact) mass is 509 g/mol. The molecule has 0 aromatic rings. The number of rotatable bonds is 6. The number of hydrogen-bond acceptors (Lipinski definition) is 1. The van der Waals surface area contributed by atoms with Gasteiger partial charge in [0, 0.05) is 12.1 Å². The molecule has 212 valence electrons. The molecular formula is C36H63N. The van der Waals surface area contributed by atoms with E-state index in [1.54, 1.807) is 83.5 Å². The van der Waals surface area contributed by atoms with Crippen LogP contribution in [-0.4, -0.2) is 12.1 Å². The predicted octanol–water partition coefficient (Wildman–Crippen LogP) is 10.5. The Morgan fingerprint density at radius 3 is 1.35 bits per heavy atom. The van der Waals surface area contributed by atoms with E-state index in [4.69, 9.17) is 0 Å². The van der Waals surface area contributed by atoms with E-state index in [0.29, 0.717) is 0 Å². The Morgan fingerprint density at radius 2 is 0.730 bits per heavy atom. The Labute approximate surface area is 231 Å². The fraction of sp³-hybridized carbons (Fsp3) is 1.00. The van der Waals surface area contributed by atoms with Crippen molar-refractivity contribution in [3.8, 4) is 0 Å². The van der Waals surface area contributed by atoms with Crippen LogP contribution in [0.1, 0.15) is 167 Å². The van der Waals surface area contributed by atoms with Gasteiger partial charge in [-0.15, -0.1) is 0 Å². The fourth-order valence-corrected chi connectivity index (χ4v) is 11.4. The Hall–Kier alpha value is -0.0400. The van der Waals surface area contributed by atoms with Gasteiger partial charge in [0.2, 0.25) is 0 Å². The van der Waals surface area contributed by atoms with Gasteiger partial charge in [-0.3, -0.25) is 0 Å². The third kappa shape index (κ3) is 7.00. The van der Waals surface area contributed by atoms with Gasteiger partial charge in [-0.1, -0.05) is 116 Å². The second-order valence-electron chi connectivity index (χ2n) is 15.5. The molecule has 0 aliphatic heterocycles. The molecule has 1 nitrogen and oxygen atoms in total. The first kappa shape index (κ1) is 27.1. The van der Waals surface area contributed by atoms with Crippen molar-refractivity contribution in [3.63, 3.8) is 0 Å². The average molecular weight is 510 g/mol. The Balaban J connectivity index is 1.06. The molecule has 6 saturated carbocycles. The van der Waals surface area contributed by atoms with Crippen LogP contribution in [0.3, 0.4) is 0 Å². The van der Waals surface area contributed by atoms with Crippen LogP contribution in [0, 0.1) is 47.3 Å². The molecule has 0 aromatic carbocycles. The van der Waals surface area contributed by atoms with Crippen LogP contribution in [0.15, 0.2) is 0 Å². The molecule has 0 amide bonds. The minimum absolute atomic E-state index is 0.844. The zero-order valence-electron chi connectivity index (χ0n) is 24.7. The lowest BCUT2D eigenvalue weighted by molar-refractivity contribution is 0.0556. The standard InChI is InChI=1S/C36H63N/c1-4-11-27(12-5-1)29-19-22-34(23-20-29)37-36-26-33(21-24-35(36)30-15-8-3-9-16-30)32-18-10-17-31(25-32)28-13-6-2-7-14-28/h27-37H,1-26H2. The molecule has 1 heteroatoms. The van der Waals surface area contributed by atoms with Crippen molar-refractivity contribution in [2.24, 2.45) is 47.3 Å². The predicted molar refractivity (Wildman–Crippen MR) is 159 cm³/mol. The number of nitrogens with one attached hydrogen (secondary N) is 1.